The molecular weight excluding hydrogens is 457 g/mol. The Bertz CT molecular complexity index is 803. The van der Waals surface area contributed by atoms with Gasteiger partial charge in [0.1, 0.15) is 11.4 Å². The standard InChI is InChI=1S/C19H33F3N2O7S/c1-10-29-16(25)15(13(4)31-32(27,28)19(20,21)22)14(24(9)12(2)3)11-23(8)17(26)30-18(5,6)7/h12,14H,10-11H2,1-9H3/b15-13-. The molecule has 0 aromatic carbocycles. The van der Waals surface area contributed by atoms with E-state index >= 15 is 0 Å². The number of likely N-dealkylation sites (N-methyl/N-ethyl adjacent to an activating group) is 2. The molecule has 0 radical (unpaired) electrons. The average Bonchev–Trinajstić information content (AvgIpc) is 2.57. The highest BCUT2D eigenvalue weighted by Gasteiger charge is 2.49. The molecule has 0 saturated carbocycles. The fourth-order valence-corrected chi connectivity index (χ4v) is 2.95. The van der Waals surface area contributed by atoms with Crippen molar-refractivity contribution in [2.75, 3.05) is 27.2 Å². The van der Waals surface area contributed by atoms with Gasteiger partial charge in [-0.25, -0.2) is 9.59 Å². The molecule has 0 saturated heterocycles. The summed E-state index contributed by atoms with van der Waals surface area (Å²) >= 11 is 0. The molecule has 0 fully saturated rings. The minimum absolute atomic E-state index is 0.123. The Balaban J connectivity index is 6.46. The monoisotopic (exact) mass is 490 g/mol. The van der Waals surface area contributed by atoms with Gasteiger partial charge in [-0.3, -0.25) is 4.90 Å². The third-order valence-corrected chi connectivity index (χ3v) is 5.22. The Kier molecular flexibility index (Phi) is 10.5. The lowest BCUT2D eigenvalue weighted by Gasteiger charge is -2.35. The van der Waals surface area contributed by atoms with Gasteiger partial charge in [0.15, 0.2) is 0 Å². The normalized spacial score (nSPS) is 14.7. The van der Waals surface area contributed by atoms with Crippen LogP contribution in [0.4, 0.5) is 18.0 Å². The van der Waals surface area contributed by atoms with Gasteiger partial charge in [-0.2, -0.15) is 21.6 Å². The smallest absolute Gasteiger partial charge is 0.462 e. The molecular formula is C19H33F3N2O7S. The van der Waals surface area contributed by atoms with Crippen LogP contribution in [0.25, 0.3) is 0 Å². The first-order chi connectivity index (χ1) is 14.2. The summed E-state index contributed by atoms with van der Waals surface area (Å²) in [6.45, 7) is 10.5. The zero-order valence-electron chi connectivity index (χ0n) is 19.9. The zero-order valence-corrected chi connectivity index (χ0v) is 20.7. The van der Waals surface area contributed by atoms with E-state index in [1.807, 2.05) is 0 Å². The number of carbonyl (C=O) groups excluding carboxylic acids is 2. The molecule has 0 aromatic heterocycles. The summed E-state index contributed by atoms with van der Waals surface area (Å²) in [7, 11) is -3.09. The molecule has 0 bridgehead atoms. The summed E-state index contributed by atoms with van der Waals surface area (Å²) in [4.78, 5) is 27.8. The second-order valence-electron chi connectivity index (χ2n) is 8.31. The number of rotatable bonds is 9. The number of esters is 1. The molecule has 188 valence electrons. The number of ether oxygens (including phenoxy) is 2. The van der Waals surface area contributed by atoms with E-state index in [-0.39, 0.29) is 19.2 Å². The third-order valence-electron chi connectivity index (χ3n) is 4.18. The zero-order chi connectivity index (χ0) is 25.7. The quantitative estimate of drug-likeness (QED) is 0.160. The molecule has 0 aliphatic carbocycles. The number of hydrogen-bond donors (Lipinski definition) is 0. The molecule has 9 nitrogen and oxygen atoms in total. The second-order valence-corrected chi connectivity index (χ2v) is 9.85. The Morgan fingerprint density at radius 2 is 1.56 bits per heavy atom. The van der Waals surface area contributed by atoms with Crippen molar-refractivity contribution in [2.45, 2.75) is 71.7 Å². The lowest BCUT2D eigenvalue weighted by atomic mass is 10.0. The Morgan fingerprint density at radius 3 is 1.94 bits per heavy atom. The van der Waals surface area contributed by atoms with Crippen LogP contribution in [0.15, 0.2) is 11.3 Å². The van der Waals surface area contributed by atoms with Crippen molar-refractivity contribution >= 4 is 22.2 Å². The average molecular weight is 491 g/mol. The predicted molar refractivity (Wildman–Crippen MR) is 111 cm³/mol. The predicted octanol–water partition coefficient (Wildman–Crippen LogP) is 3.27. The van der Waals surface area contributed by atoms with Crippen LogP contribution in [0.2, 0.25) is 0 Å². The van der Waals surface area contributed by atoms with Gasteiger partial charge in [-0.1, -0.05) is 0 Å². The van der Waals surface area contributed by atoms with E-state index in [1.165, 1.54) is 14.0 Å². The maximum Gasteiger partial charge on any atom is 0.534 e. The van der Waals surface area contributed by atoms with Crippen molar-refractivity contribution in [2.24, 2.45) is 0 Å². The summed E-state index contributed by atoms with van der Waals surface area (Å²) in [6.07, 6.45) is -0.746. The summed E-state index contributed by atoms with van der Waals surface area (Å²) in [5, 5.41) is 0. The van der Waals surface area contributed by atoms with Crippen LogP contribution in [0.5, 0.6) is 0 Å². The van der Waals surface area contributed by atoms with E-state index in [9.17, 15) is 31.2 Å². The van der Waals surface area contributed by atoms with Crippen LogP contribution in [-0.2, 0) is 28.6 Å². The minimum Gasteiger partial charge on any atom is -0.462 e. The number of carbonyl (C=O) groups is 2. The first-order valence-corrected chi connectivity index (χ1v) is 11.2. The minimum atomic E-state index is -6.03. The van der Waals surface area contributed by atoms with Gasteiger partial charge in [-0.05, 0) is 55.5 Å². The van der Waals surface area contributed by atoms with Crippen molar-refractivity contribution in [1.29, 1.82) is 0 Å². The summed E-state index contributed by atoms with van der Waals surface area (Å²) in [5.74, 6) is -1.88. The highest BCUT2D eigenvalue weighted by molar-refractivity contribution is 7.87. The fourth-order valence-electron chi connectivity index (χ4n) is 2.44. The fraction of sp³-hybridized carbons (Fsp3) is 0.789. The molecule has 13 heteroatoms. The molecule has 32 heavy (non-hydrogen) atoms. The SMILES string of the molecule is CCOC(=O)/C(=C(/C)OS(=O)(=O)C(F)(F)F)C(CN(C)C(=O)OC(C)(C)C)N(C)C(C)C. The van der Waals surface area contributed by atoms with Crippen molar-refractivity contribution in [3.05, 3.63) is 11.3 Å². The first kappa shape index (κ1) is 30.0. The number of alkyl halides is 3. The molecule has 0 rings (SSSR count). The maximum atomic E-state index is 12.8. The molecule has 0 aliphatic rings. The maximum absolute atomic E-state index is 12.8. The molecule has 1 amide bonds. The van der Waals surface area contributed by atoms with Gasteiger partial charge in [0.2, 0.25) is 0 Å². The lowest BCUT2D eigenvalue weighted by Crippen LogP contribution is -2.49. The van der Waals surface area contributed by atoms with E-state index in [4.69, 9.17) is 9.47 Å². The molecule has 0 N–H and O–H groups in total. The molecule has 0 aromatic rings. The van der Waals surface area contributed by atoms with E-state index in [0.717, 1.165) is 11.8 Å². The van der Waals surface area contributed by atoms with Crippen LogP contribution in [0.3, 0.4) is 0 Å². The Labute approximate surface area is 187 Å². The van der Waals surface area contributed by atoms with Crippen LogP contribution in [-0.4, -0.2) is 80.7 Å². The molecule has 0 aliphatic heterocycles. The van der Waals surface area contributed by atoms with Crippen molar-refractivity contribution in [3.8, 4) is 0 Å². The number of nitrogens with zero attached hydrogens (tertiary/aromatic N) is 2. The van der Waals surface area contributed by atoms with Crippen molar-refractivity contribution in [3.63, 3.8) is 0 Å². The number of halogens is 3. The van der Waals surface area contributed by atoms with Crippen molar-refractivity contribution < 1.29 is 44.8 Å². The number of hydrogen-bond acceptors (Lipinski definition) is 8. The summed E-state index contributed by atoms with van der Waals surface area (Å²) in [5.41, 5.74) is -6.98. The van der Waals surface area contributed by atoms with Gasteiger partial charge in [0.05, 0.1) is 18.2 Å². The van der Waals surface area contributed by atoms with Crippen molar-refractivity contribution in [1.82, 2.24) is 9.80 Å². The number of allylic oxidation sites excluding steroid dienone is 1. The van der Waals surface area contributed by atoms with Crippen LogP contribution in [0, 0.1) is 0 Å². The molecule has 0 heterocycles. The van der Waals surface area contributed by atoms with E-state index in [0.29, 0.717) is 0 Å². The second kappa shape index (κ2) is 11.2. The van der Waals surface area contributed by atoms with Crippen LogP contribution < -0.4 is 0 Å². The third kappa shape index (κ3) is 8.85. The van der Waals surface area contributed by atoms with Crippen LogP contribution >= 0.6 is 0 Å². The van der Waals surface area contributed by atoms with E-state index in [1.54, 1.807) is 46.6 Å². The summed E-state index contributed by atoms with van der Waals surface area (Å²) in [6, 6.07) is -1.33. The van der Waals surface area contributed by atoms with Crippen LogP contribution in [0.1, 0.15) is 48.5 Å². The highest BCUT2D eigenvalue weighted by atomic mass is 32.2. The van der Waals surface area contributed by atoms with Gasteiger partial charge >= 0.3 is 27.7 Å². The lowest BCUT2D eigenvalue weighted by molar-refractivity contribution is -0.139. The highest BCUT2D eigenvalue weighted by Crippen LogP contribution is 2.29. The van der Waals surface area contributed by atoms with Gasteiger partial charge in [0.25, 0.3) is 0 Å². The van der Waals surface area contributed by atoms with Gasteiger partial charge < -0.3 is 18.6 Å². The number of amides is 1. The molecule has 0 spiro atoms. The first-order valence-electron chi connectivity index (χ1n) is 9.79. The largest absolute Gasteiger partial charge is 0.534 e. The Morgan fingerprint density at radius 1 is 1.06 bits per heavy atom. The Hall–Kier alpha value is -2.02. The molecule has 1 unspecified atom stereocenters. The topological polar surface area (TPSA) is 102 Å². The van der Waals surface area contributed by atoms with E-state index < -0.39 is 50.7 Å². The van der Waals surface area contributed by atoms with Gasteiger partial charge in [0, 0.05) is 19.6 Å². The van der Waals surface area contributed by atoms with Gasteiger partial charge in [-0.15, -0.1) is 0 Å². The molecule has 1 atom stereocenters. The van der Waals surface area contributed by atoms with E-state index in [2.05, 4.69) is 4.18 Å². The summed E-state index contributed by atoms with van der Waals surface area (Å²) < 4.78 is 76.0.